The van der Waals surface area contributed by atoms with E-state index >= 15 is 0 Å². The van der Waals surface area contributed by atoms with Crippen LogP contribution in [0.15, 0.2) is 54.6 Å². The molecule has 4 nitrogen and oxygen atoms in total. The summed E-state index contributed by atoms with van der Waals surface area (Å²) >= 11 is 0. The highest BCUT2D eigenvalue weighted by atomic mass is 15.2. The van der Waals surface area contributed by atoms with Crippen molar-refractivity contribution in [1.82, 2.24) is 15.2 Å². The van der Waals surface area contributed by atoms with Gasteiger partial charge in [-0.2, -0.15) is 5.10 Å². The van der Waals surface area contributed by atoms with Crippen LogP contribution in [0.25, 0.3) is 11.4 Å². The van der Waals surface area contributed by atoms with Crippen LogP contribution in [0.1, 0.15) is 23.0 Å². The molecule has 0 amide bonds. The number of benzene rings is 2. The van der Waals surface area contributed by atoms with E-state index in [1.807, 2.05) is 30.3 Å². The molecule has 1 heterocycles. The van der Waals surface area contributed by atoms with E-state index in [0.29, 0.717) is 5.82 Å². The van der Waals surface area contributed by atoms with E-state index < -0.39 is 0 Å². The number of aromatic amines is 1. The molecule has 0 aliphatic rings. The Balaban J connectivity index is 1.78. The molecule has 3 aromatic rings. The molecule has 1 atom stereocenters. The van der Waals surface area contributed by atoms with Gasteiger partial charge in [-0.1, -0.05) is 54.1 Å². The zero-order chi connectivity index (χ0) is 14.7. The molecule has 0 radical (unpaired) electrons. The smallest absolute Gasteiger partial charge is 0.181 e. The summed E-state index contributed by atoms with van der Waals surface area (Å²) in [5, 5.41) is 7.23. The van der Waals surface area contributed by atoms with Crippen molar-refractivity contribution in [2.75, 3.05) is 0 Å². The van der Waals surface area contributed by atoms with Crippen molar-refractivity contribution in [1.29, 1.82) is 0 Å². The lowest BCUT2D eigenvalue weighted by molar-refractivity contribution is 0.671. The monoisotopic (exact) mass is 278 g/mol. The molecular weight excluding hydrogens is 260 g/mol. The molecule has 21 heavy (non-hydrogen) atoms. The minimum Gasteiger partial charge on any atom is -0.321 e. The summed E-state index contributed by atoms with van der Waals surface area (Å²) < 4.78 is 0. The summed E-state index contributed by atoms with van der Waals surface area (Å²) in [4.78, 5) is 4.53. The minimum atomic E-state index is -0.182. The van der Waals surface area contributed by atoms with Crippen LogP contribution in [0.5, 0.6) is 0 Å². The Bertz CT molecular complexity index is 718. The van der Waals surface area contributed by atoms with Gasteiger partial charge >= 0.3 is 0 Å². The molecular formula is C17H18N4. The van der Waals surface area contributed by atoms with Crippen molar-refractivity contribution in [2.24, 2.45) is 5.73 Å². The van der Waals surface area contributed by atoms with Gasteiger partial charge in [0.25, 0.3) is 0 Å². The normalized spacial score (nSPS) is 12.3. The number of nitrogens with two attached hydrogens (primary N) is 1. The second-order valence-corrected chi connectivity index (χ2v) is 5.21. The predicted octanol–water partition coefficient (Wildman–Crippen LogP) is 3.02. The maximum absolute atomic E-state index is 6.21. The number of aryl methyl sites for hydroxylation is 1. The molecule has 0 saturated carbocycles. The third-order valence-corrected chi connectivity index (χ3v) is 3.43. The first-order valence-corrected chi connectivity index (χ1v) is 7.01. The van der Waals surface area contributed by atoms with Crippen molar-refractivity contribution < 1.29 is 0 Å². The van der Waals surface area contributed by atoms with Crippen LogP contribution >= 0.6 is 0 Å². The number of hydrogen-bond acceptors (Lipinski definition) is 3. The van der Waals surface area contributed by atoms with Gasteiger partial charge in [-0.25, -0.2) is 4.98 Å². The number of H-pyrrole nitrogens is 1. The Labute approximate surface area is 124 Å². The summed E-state index contributed by atoms with van der Waals surface area (Å²) in [5.41, 5.74) is 9.60. The number of rotatable bonds is 4. The first-order chi connectivity index (χ1) is 10.2. The van der Waals surface area contributed by atoms with E-state index in [2.05, 4.69) is 46.4 Å². The van der Waals surface area contributed by atoms with Crippen molar-refractivity contribution >= 4 is 0 Å². The van der Waals surface area contributed by atoms with Gasteiger partial charge in [0, 0.05) is 5.56 Å². The lowest BCUT2D eigenvalue weighted by Gasteiger charge is -2.07. The van der Waals surface area contributed by atoms with Crippen LogP contribution in [0.3, 0.4) is 0 Å². The molecule has 0 saturated heterocycles. The van der Waals surface area contributed by atoms with Crippen LogP contribution < -0.4 is 5.73 Å². The molecule has 0 spiro atoms. The first kappa shape index (κ1) is 13.5. The van der Waals surface area contributed by atoms with E-state index in [4.69, 9.17) is 5.73 Å². The quantitative estimate of drug-likeness (QED) is 0.771. The van der Waals surface area contributed by atoms with Gasteiger partial charge in [0.15, 0.2) is 5.82 Å². The summed E-state index contributed by atoms with van der Waals surface area (Å²) in [6.07, 6.45) is 0.739. The van der Waals surface area contributed by atoms with Crippen molar-refractivity contribution in [3.8, 4) is 11.4 Å². The van der Waals surface area contributed by atoms with Crippen LogP contribution in [0.2, 0.25) is 0 Å². The van der Waals surface area contributed by atoms with Crippen molar-refractivity contribution in [2.45, 2.75) is 19.4 Å². The molecule has 2 aromatic carbocycles. The summed E-state index contributed by atoms with van der Waals surface area (Å²) in [7, 11) is 0. The van der Waals surface area contributed by atoms with Crippen LogP contribution in [-0.4, -0.2) is 15.2 Å². The SMILES string of the molecule is Cc1cccc(-c2n[nH]c([C@@H](N)Cc3ccccc3)n2)c1. The average molecular weight is 278 g/mol. The van der Waals surface area contributed by atoms with E-state index in [1.165, 1.54) is 11.1 Å². The minimum absolute atomic E-state index is 0.182. The Kier molecular flexibility index (Phi) is 3.79. The Morgan fingerprint density at radius 1 is 1.10 bits per heavy atom. The molecule has 1 aromatic heterocycles. The third kappa shape index (κ3) is 3.17. The fourth-order valence-corrected chi connectivity index (χ4v) is 2.32. The van der Waals surface area contributed by atoms with E-state index in [-0.39, 0.29) is 6.04 Å². The predicted molar refractivity (Wildman–Crippen MR) is 83.6 cm³/mol. The van der Waals surface area contributed by atoms with Gasteiger partial charge in [0.2, 0.25) is 0 Å². The van der Waals surface area contributed by atoms with Crippen LogP contribution in [-0.2, 0) is 6.42 Å². The Hall–Kier alpha value is -2.46. The summed E-state index contributed by atoms with van der Waals surface area (Å²) in [5.74, 6) is 1.41. The fourth-order valence-electron chi connectivity index (χ4n) is 2.32. The Morgan fingerprint density at radius 3 is 2.67 bits per heavy atom. The highest BCUT2D eigenvalue weighted by Gasteiger charge is 2.13. The van der Waals surface area contributed by atoms with Crippen molar-refractivity contribution in [3.63, 3.8) is 0 Å². The van der Waals surface area contributed by atoms with Gasteiger partial charge < -0.3 is 5.73 Å². The molecule has 3 rings (SSSR count). The fraction of sp³-hybridized carbons (Fsp3) is 0.176. The third-order valence-electron chi connectivity index (χ3n) is 3.43. The van der Waals surface area contributed by atoms with Crippen LogP contribution in [0, 0.1) is 6.92 Å². The van der Waals surface area contributed by atoms with Crippen molar-refractivity contribution in [3.05, 3.63) is 71.5 Å². The number of aromatic nitrogens is 3. The summed E-state index contributed by atoms with van der Waals surface area (Å²) in [6.45, 7) is 2.05. The maximum Gasteiger partial charge on any atom is 0.181 e. The number of nitrogens with zero attached hydrogens (tertiary/aromatic N) is 2. The van der Waals surface area contributed by atoms with E-state index in [9.17, 15) is 0 Å². The highest BCUT2D eigenvalue weighted by molar-refractivity contribution is 5.55. The molecule has 106 valence electrons. The molecule has 0 aliphatic carbocycles. The second-order valence-electron chi connectivity index (χ2n) is 5.21. The number of hydrogen-bond donors (Lipinski definition) is 2. The zero-order valence-electron chi connectivity index (χ0n) is 12.0. The van der Waals surface area contributed by atoms with Gasteiger partial charge in [-0.15, -0.1) is 0 Å². The van der Waals surface area contributed by atoms with Gasteiger partial charge in [0.1, 0.15) is 5.82 Å². The maximum atomic E-state index is 6.21. The van der Waals surface area contributed by atoms with Crippen LogP contribution in [0.4, 0.5) is 0 Å². The molecule has 3 N–H and O–H groups in total. The Morgan fingerprint density at radius 2 is 1.90 bits per heavy atom. The van der Waals surface area contributed by atoms with E-state index in [1.54, 1.807) is 0 Å². The lowest BCUT2D eigenvalue weighted by Crippen LogP contribution is -2.15. The molecule has 0 aliphatic heterocycles. The molecule has 0 fully saturated rings. The largest absolute Gasteiger partial charge is 0.321 e. The highest BCUT2D eigenvalue weighted by Crippen LogP contribution is 2.19. The zero-order valence-corrected chi connectivity index (χ0v) is 12.0. The molecule has 0 bridgehead atoms. The molecule has 4 heteroatoms. The number of nitrogens with one attached hydrogen (secondary N) is 1. The second kappa shape index (κ2) is 5.89. The summed E-state index contributed by atoms with van der Waals surface area (Å²) in [6, 6.07) is 18.1. The topological polar surface area (TPSA) is 67.6 Å². The average Bonchev–Trinajstić information content (AvgIpc) is 2.98. The molecule has 0 unspecified atom stereocenters. The van der Waals surface area contributed by atoms with E-state index in [0.717, 1.165) is 17.8 Å². The van der Waals surface area contributed by atoms with Gasteiger partial charge in [0.05, 0.1) is 6.04 Å². The first-order valence-electron chi connectivity index (χ1n) is 7.01. The lowest BCUT2D eigenvalue weighted by atomic mass is 10.1. The standard InChI is InChI=1S/C17H18N4/c1-12-6-5-9-14(10-12)16-19-17(21-20-16)15(18)11-13-7-3-2-4-8-13/h2-10,15H,11,18H2,1H3,(H,19,20,21)/t15-/m0/s1. The van der Waals surface area contributed by atoms with Gasteiger partial charge in [-0.3, -0.25) is 5.10 Å². The van der Waals surface area contributed by atoms with Gasteiger partial charge in [-0.05, 0) is 25.0 Å².